The second-order valence-corrected chi connectivity index (χ2v) is 23.9. The second-order valence-electron chi connectivity index (χ2n) is 22.9. The number of piperidine rings is 1. The van der Waals surface area contributed by atoms with Crippen molar-refractivity contribution in [2.75, 3.05) is 48.1 Å². The van der Waals surface area contributed by atoms with Gasteiger partial charge in [0.15, 0.2) is 11.5 Å². The number of thiophene rings is 1. The van der Waals surface area contributed by atoms with E-state index in [4.69, 9.17) is 9.47 Å². The Kier molecular flexibility index (Phi) is 21.3. The minimum atomic E-state index is -0.952. The number of anilines is 4. The molecule has 3 aliphatic heterocycles. The molecule has 3 aromatic heterocycles. The fraction of sp³-hybridized carbons (Fsp3) is 0.444. The molecule has 1 unspecified atom stereocenters. The van der Waals surface area contributed by atoms with Gasteiger partial charge in [0.05, 0.1) is 64.0 Å². The third kappa shape index (κ3) is 16.2. The van der Waals surface area contributed by atoms with Gasteiger partial charge in [-0.05, 0) is 131 Å². The van der Waals surface area contributed by atoms with E-state index >= 15 is 0 Å². The van der Waals surface area contributed by atoms with Gasteiger partial charge in [0.1, 0.15) is 17.8 Å². The van der Waals surface area contributed by atoms with E-state index in [0.29, 0.717) is 113 Å². The number of methoxy groups -OCH3 is 1. The van der Waals surface area contributed by atoms with E-state index in [-0.39, 0.29) is 79.2 Å². The summed E-state index contributed by atoms with van der Waals surface area (Å²) >= 11 is 1.25. The summed E-state index contributed by atoms with van der Waals surface area (Å²) < 4.78 is 13.2. The van der Waals surface area contributed by atoms with Crippen molar-refractivity contribution in [3.05, 3.63) is 94.8 Å². The number of aromatic nitrogens is 2. The fourth-order valence-corrected chi connectivity index (χ4v) is 11.7. The topological polar surface area (TPSA) is 281 Å². The van der Waals surface area contributed by atoms with Gasteiger partial charge in [0.25, 0.3) is 17.7 Å². The smallest absolute Gasteiger partial charge is 0.272 e. The molecule has 2 saturated heterocycles. The van der Waals surface area contributed by atoms with Crippen LogP contribution in [0.1, 0.15) is 141 Å². The van der Waals surface area contributed by atoms with Gasteiger partial charge in [0, 0.05) is 75.2 Å². The molecule has 86 heavy (non-hydrogen) atoms. The van der Waals surface area contributed by atoms with Gasteiger partial charge in [-0.25, -0.2) is 0 Å². The number of aryl methyl sites for hydroxylation is 2. The van der Waals surface area contributed by atoms with Crippen LogP contribution in [-0.2, 0) is 35.8 Å². The van der Waals surface area contributed by atoms with Gasteiger partial charge in [-0.15, -0.1) is 11.3 Å². The Bertz CT molecular complexity index is 3370. The van der Waals surface area contributed by atoms with Crippen molar-refractivity contribution in [2.24, 2.45) is 29.8 Å². The number of rotatable bonds is 26. The van der Waals surface area contributed by atoms with Crippen molar-refractivity contribution in [1.82, 2.24) is 30.0 Å². The molecule has 4 atom stereocenters. The highest BCUT2D eigenvalue weighted by molar-refractivity contribution is 7.17. The molecule has 2 fully saturated rings. The van der Waals surface area contributed by atoms with E-state index in [1.165, 1.54) is 36.5 Å². The summed E-state index contributed by atoms with van der Waals surface area (Å²) in [6, 6.07) is 14.9. The van der Waals surface area contributed by atoms with Crippen molar-refractivity contribution in [1.29, 1.82) is 0 Å². The number of nitrogens with one attached hydrogen (secondary N) is 6. The fourth-order valence-electron chi connectivity index (χ4n) is 10.6. The van der Waals surface area contributed by atoms with Crippen molar-refractivity contribution in [2.45, 2.75) is 130 Å². The first kappa shape index (κ1) is 63.3. The van der Waals surface area contributed by atoms with Crippen LogP contribution < -0.4 is 41.4 Å². The number of unbranched alkanes of at least 4 members (excludes halogenated alkanes) is 2. The van der Waals surface area contributed by atoms with Crippen LogP contribution in [0, 0.1) is 24.7 Å². The number of pyridine rings is 1. The zero-order valence-electron chi connectivity index (χ0n) is 50.0. The maximum atomic E-state index is 13.5. The summed E-state index contributed by atoms with van der Waals surface area (Å²) in [5, 5.41) is 16.9. The lowest BCUT2D eigenvalue weighted by Gasteiger charge is -2.32. The van der Waals surface area contributed by atoms with Crippen LogP contribution in [0.15, 0.2) is 78.0 Å². The maximum Gasteiger partial charge on any atom is 0.272 e. The van der Waals surface area contributed by atoms with Crippen molar-refractivity contribution in [3.8, 4) is 22.1 Å². The number of ether oxygens (including phenoxy) is 2. The van der Waals surface area contributed by atoms with E-state index in [0.717, 1.165) is 29.7 Å². The van der Waals surface area contributed by atoms with Crippen LogP contribution in [0.25, 0.3) is 10.6 Å². The highest BCUT2D eigenvalue weighted by Gasteiger charge is 2.38. The molecule has 23 heteroatoms. The van der Waals surface area contributed by atoms with Crippen LogP contribution >= 0.6 is 11.3 Å². The second kappa shape index (κ2) is 28.9. The molecule has 0 bridgehead atoms. The number of carbonyl (C=O) groups excluding carboxylic acids is 9. The first-order valence-electron chi connectivity index (χ1n) is 29.4. The number of hydrogen-bond donors (Lipinski definition) is 6. The quantitative estimate of drug-likeness (QED) is 0.0223. The van der Waals surface area contributed by atoms with Gasteiger partial charge in [-0.1, -0.05) is 34.1 Å². The largest absolute Gasteiger partial charge is 0.493 e. The molecule has 9 amide bonds. The molecule has 0 radical (unpaired) electrons. The Balaban J connectivity index is 0.742. The number of hydrogen-bond acceptors (Lipinski definition) is 14. The lowest BCUT2D eigenvalue weighted by molar-refractivity contribution is -0.139. The van der Waals surface area contributed by atoms with Crippen LogP contribution in [0.4, 0.5) is 28.4 Å². The van der Waals surface area contributed by atoms with Crippen LogP contribution in [-0.4, -0.2) is 124 Å². The summed E-state index contributed by atoms with van der Waals surface area (Å²) in [5.41, 5.74) is 4.38. The zero-order valence-corrected chi connectivity index (χ0v) is 50.8. The number of benzene rings is 2. The first-order valence-corrected chi connectivity index (χ1v) is 30.2. The van der Waals surface area contributed by atoms with Gasteiger partial charge in [-0.2, -0.15) is 0 Å². The Morgan fingerprint density at radius 2 is 1.48 bits per heavy atom. The molecule has 0 spiro atoms. The van der Waals surface area contributed by atoms with Crippen molar-refractivity contribution in [3.63, 3.8) is 0 Å². The third-order valence-electron chi connectivity index (χ3n) is 15.2. The monoisotopic (exact) mass is 1200 g/mol. The van der Waals surface area contributed by atoms with Crippen molar-refractivity contribution < 1.29 is 52.6 Å². The molecule has 6 N–H and O–H groups in total. The first-order chi connectivity index (χ1) is 41.1. The Morgan fingerprint density at radius 3 is 2.19 bits per heavy atom. The molecule has 6 heterocycles. The maximum absolute atomic E-state index is 13.5. The lowest BCUT2D eigenvalue weighted by Crippen LogP contribution is -2.53. The summed E-state index contributed by atoms with van der Waals surface area (Å²) in [7, 11) is 3.21. The normalized spacial score (nSPS) is 16.2. The van der Waals surface area contributed by atoms with Crippen LogP contribution in [0.3, 0.4) is 0 Å². The number of nitrogens with zero attached hydrogens (tertiary/aromatic N) is 5. The minimum Gasteiger partial charge on any atom is -0.493 e. The predicted molar refractivity (Wildman–Crippen MR) is 329 cm³/mol. The highest BCUT2D eigenvalue weighted by atomic mass is 32.1. The Morgan fingerprint density at radius 1 is 0.756 bits per heavy atom. The molecule has 5 aromatic rings. The van der Waals surface area contributed by atoms with E-state index in [2.05, 4.69) is 41.9 Å². The van der Waals surface area contributed by atoms with Crippen LogP contribution in [0.2, 0.25) is 0 Å². The average molecular weight is 1200 g/mol. The van der Waals surface area contributed by atoms with Crippen molar-refractivity contribution >= 4 is 99.2 Å². The van der Waals surface area contributed by atoms with E-state index in [1.54, 1.807) is 86.3 Å². The average Bonchev–Trinajstić information content (AvgIpc) is 2.25. The number of aliphatic imine (C=N–C) groups is 1. The number of likely N-dealkylation sites (tertiary alicyclic amines) is 1. The molecular formula is C63H77N11O11S. The minimum absolute atomic E-state index is 0.0323. The van der Waals surface area contributed by atoms with Gasteiger partial charge >= 0.3 is 0 Å². The number of imide groups is 1. The molecule has 3 aliphatic rings. The molecule has 0 aliphatic carbocycles. The lowest BCUT2D eigenvalue weighted by atomic mass is 9.96. The molecule has 0 saturated carbocycles. The number of amides is 9. The zero-order chi connectivity index (χ0) is 61.8. The number of fused-ring (bicyclic) bond motifs is 2. The predicted octanol–water partition coefficient (Wildman–Crippen LogP) is 9.04. The van der Waals surface area contributed by atoms with Gasteiger partial charge in [-0.3, -0.25) is 58.0 Å². The van der Waals surface area contributed by atoms with E-state index in [1.807, 2.05) is 38.0 Å². The summed E-state index contributed by atoms with van der Waals surface area (Å²) in [6.07, 6.45) is 11.2. The van der Waals surface area contributed by atoms with Gasteiger partial charge < -0.3 is 50.8 Å². The SMILES string of the molecule is COc1cc2c(cc1OCCCC(=O)Nc1cc(C(=O)Nc3ccc(-c4cc(C)c(C(=O)Nc5ccc(NC(=O)[C@H](C)NC(=O)[C@@H](NC(=O)CCCCCN6C(=O)CC(CC(C)C)C6=O)C(C)C)cc5)s4)nc3)n(C)c1)N=C[C@@H]1CCCCN1C2=O. The molecular weight excluding hydrogens is 1120 g/mol. The van der Waals surface area contributed by atoms with E-state index in [9.17, 15) is 43.2 Å². The standard InChI is InChI=1S/C63H77N11O11S/c1-36(2)27-40-29-55(77)74(62(40)82)25-12-9-10-16-54(76)71-56(37(3)4)60(80)66-39(6)58(78)68-41-18-20-42(21-19-41)69-61(81)57-38(5)28-52(86-57)47-23-22-43(33-64-47)70-59(79)49-30-44(35-72(49)7)67-53(75)17-14-26-85-51-32-48-46(31-50(51)84-8)63(83)73-24-13-11-15-45(73)34-65-48/h18-23,28,30-37,39-40,45,56H,9-17,24-27,29H2,1-8H3,(H,66,80)(H,67,75)(H,68,78)(H,69,81)(H,70,79)(H,71,76)/t39-,40?,45-,56-/m0/s1. The number of carbonyl (C=O) groups is 9. The molecule has 8 rings (SSSR count). The summed E-state index contributed by atoms with van der Waals surface area (Å²) in [4.78, 5) is 131. The summed E-state index contributed by atoms with van der Waals surface area (Å²) in [5.74, 6) is -2.03. The van der Waals surface area contributed by atoms with Gasteiger partial charge in [0.2, 0.25) is 35.4 Å². The Hall–Kier alpha value is -8.73. The van der Waals surface area contributed by atoms with Crippen LogP contribution in [0.5, 0.6) is 11.5 Å². The Labute approximate surface area is 504 Å². The molecule has 2 aromatic carbocycles. The van der Waals surface area contributed by atoms with E-state index < -0.39 is 29.8 Å². The summed E-state index contributed by atoms with van der Waals surface area (Å²) in [6.45, 7) is 12.2. The molecule has 22 nitrogen and oxygen atoms in total. The highest BCUT2D eigenvalue weighted by Crippen LogP contribution is 2.38. The molecule has 456 valence electrons. The third-order valence-corrected chi connectivity index (χ3v) is 16.5.